The summed E-state index contributed by atoms with van der Waals surface area (Å²) in [5, 5.41) is 9.55. The predicted octanol–water partition coefficient (Wildman–Crippen LogP) is 2.50. The minimum Gasteiger partial charge on any atom is -0.496 e. The van der Waals surface area contributed by atoms with E-state index in [1.807, 2.05) is 38.2 Å². The minimum absolute atomic E-state index is 0.0417. The van der Waals surface area contributed by atoms with Crippen molar-refractivity contribution in [2.24, 2.45) is 4.99 Å². The lowest BCUT2D eigenvalue weighted by Crippen LogP contribution is -2.40. The number of aromatic nitrogens is 1. The van der Waals surface area contributed by atoms with Crippen LogP contribution in [0.5, 0.6) is 5.75 Å². The van der Waals surface area contributed by atoms with Crippen molar-refractivity contribution in [3.63, 3.8) is 0 Å². The first kappa shape index (κ1) is 19.7. The summed E-state index contributed by atoms with van der Waals surface area (Å²) in [4.78, 5) is 20.8. The lowest BCUT2D eigenvalue weighted by molar-refractivity contribution is -0.116. The molecule has 1 unspecified atom stereocenters. The SMILES string of the molecule is CN=C(NCc1ncc(C)c(OC)c1C)NCC1CC(=O)Nc2ccccc21. The summed E-state index contributed by atoms with van der Waals surface area (Å²) >= 11 is 0. The average molecular weight is 381 g/mol. The fraction of sp³-hybridized carbons (Fsp3) is 0.381. The molecule has 28 heavy (non-hydrogen) atoms. The second-order valence-corrected chi connectivity index (χ2v) is 6.89. The molecule has 1 atom stereocenters. The van der Waals surface area contributed by atoms with E-state index < -0.39 is 0 Å². The molecule has 0 aliphatic carbocycles. The molecule has 7 nitrogen and oxygen atoms in total. The molecule has 1 amide bonds. The van der Waals surface area contributed by atoms with Gasteiger partial charge in [-0.05, 0) is 25.5 Å². The average Bonchev–Trinajstić information content (AvgIpc) is 2.69. The number of carbonyl (C=O) groups excluding carboxylic acids is 1. The Labute approximate surface area is 165 Å². The standard InChI is InChI=1S/C21H27N5O2/c1-13-10-23-18(14(2)20(13)28-4)12-25-21(22-3)24-11-15-9-19(27)26-17-8-6-5-7-16(15)17/h5-8,10,15H,9,11-12H2,1-4H3,(H,26,27)(H2,22,24,25). The number of aliphatic imine (C=N–C) groups is 1. The number of aryl methyl sites for hydroxylation is 1. The van der Waals surface area contributed by atoms with Crippen LogP contribution in [-0.2, 0) is 11.3 Å². The van der Waals surface area contributed by atoms with Gasteiger partial charge < -0.3 is 20.7 Å². The highest BCUT2D eigenvalue weighted by Gasteiger charge is 2.24. The molecule has 3 N–H and O–H groups in total. The summed E-state index contributed by atoms with van der Waals surface area (Å²) in [5.74, 6) is 1.67. The van der Waals surface area contributed by atoms with E-state index in [9.17, 15) is 4.79 Å². The number of ether oxygens (including phenoxy) is 1. The van der Waals surface area contributed by atoms with Crippen molar-refractivity contribution in [1.82, 2.24) is 15.6 Å². The lowest BCUT2D eigenvalue weighted by atomic mass is 9.90. The number of benzene rings is 1. The molecule has 1 aliphatic heterocycles. The number of rotatable bonds is 5. The van der Waals surface area contributed by atoms with Crippen molar-refractivity contribution in [3.05, 3.63) is 52.8 Å². The third-order valence-corrected chi connectivity index (χ3v) is 5.02. The van der Waals surface area contributed by atoms with E-state index in [0.29, 0.717) is 25.5 Å². The molecule has 0 radical (unpaired) electrons. The zero-order chi connectivity index (χ0) is 20.1. The summed E-state index contributed by atoms with van der Waals surface area (Å²) in [5.41, 5.74) is 4.97. The van der Waals surface area contributed by atoms with Gasteiger partial charge in [-0.2, -0.15) is 0 Å². The van der Waals surface area contributed by atoms with E-state index in [0.717, 1.165) is 33.8 Å². The molecule has 0 saturated heterocycles. The molecule has 7 heteroatoms. The van der Waals surface area contributed by atoms with E-state index in [-0.39, 0.29) is 11.8 Å². The van der Waals surface area contributed by atoms with Crippen molar-refractivity contribution in [3.8, 4) is 5.75 Å². The maximum atomic E-state index is 12.0. The topological polar surface area (TPSA) is 87.6 Å². The Balaban J connectivity index is 1.63. The third-order valence-electron chi connectivity index (χ3n) is 5.02. The Morgan fingerprint density at radius 1 is 1.32 bits per heavy atom. The van der Waals surface area contributed by atoms with Crippen molar-refractivity contribution in [2.75, 3.05) is 26.0 Å². The first-order valence-electron chi connectivity index (χ1n) is 9.35. The van der Waals surface area contributed by atoms with Crippen LogP contribution in [0.15, 0.2) is 35.5 Å². The number of hydrogen-bond acceptors (Lipinski definition) is 4. The quantitative estimate of drug-likeness (QED) is 0.547. The van der Waals surface area contributed by atoms with Crippen molar-refractivity contribution in [1.29, 1.82) is 0 Å². The van der Waals surface area contributed by atoms with Crippen LogP contribution in [0.4, 0.5) is 5.69 Å². The van der Waals surface area contributed by atoms with E-state index in [2.05, 4.69) is 32.0 Å². The van der Waals surface area contributed by atoms with Crippen LogP contribution in [0, 0.1) is 13.8 Å². The van der Waals surface area contributed by atoms with Gasteiger partial charge in [0.2, 0.25) is 5.91 Å². The molecular weight excluding hydrogens is 354 g/mol. The number of para-hydroxylation sites is 1. The highest BCUT2D eigenvalue weighted by Crippen LogP contribution is 2.31. The van der Waals surface area contributed by atoms with Gasteiger partial charge in [0.05, 0.1) is 19.3 Å². The molecule has 3 rings (SSSR count). The monoisotopic (exact) mass is 381 g/mol. The molecular formula is C21H27N5O2. The molecule has 0 fully saturated rings. The van der Waals surface area contributed by atoms with Gasteiger partial charge in [-0.25, -0.2) is 0 Å². The lowest BCUT2D eigenvalue weighted by Gasteiger charge is -2.26. The smallest absolute Gasteiger partial charge is 0.225 e. The molecule has 0 bridgehead atoms. The Hall–Kier alpha value is -3.09. The van der Waals surface area contributed by atoms with E-state index in [1.165, 1.54) is 0 Å². The molecule has 1 aromatic carbocycles. The molecule has 1 aromatic heterocycles. The van der Waals surface area contributed by atoms with Gasteiger partial charge in [0.15, 0.2) is 5.96 Å². The number of fused-ring (bicyclic) bond motifs is 1. The summed E-state index contributed by atoms with van der Waals surface area (Å²) < 4.78 is 5.47. The van der Waals surface area contributed by atoms with Gasteiger partial charge in [-0.15, -0.1) is 0 Å². The summed E-state index contributed by atoms with van der Waals surface area (Å²) in [6.07, 6.45) is 2.27. The Bertz CT molecular complexity index is 894. The van der Waals surface area contributed by atoms with Crippen molar-refractivity contribution >= 4 is 17.6 Å². The Morgan fingerprint density at radius 3 is 2.86 bits per heavy atom. The maximum Gasteiger partial charge on any atom is 0.225 e. The number of guanidine groups is 1. The number of carbonyl (C=O) groups is 1. The predicted molar refractivity (Wildman–Crippen MR) is 111 cm³/mol. The van der Waals surface area contributed by atoms with Crippen LogP contribution in [0.25, 0.3) is 0 Å². The van der Waals surface area contributed by atoms with Crippen molar-refractivity contribution < 1.29 is 9.53 Å². The van der Waals surface area contributed by atoms with Crippen LogP contribution in [0.2, 0.25) is 0 Å². The van der Waals surface area contributed by atoms with Gasteiger partial charge >= 0.3 is 0 Å². The molecule has 2 aromatic rings. The number of nitrogens with zero attached hydrogens (tertiary/aromatic N) is 2. The summed E-state index contributed by atoms with van der Waals surface area (Å²) in [6, 6.07) is 7.92. The van der Waals surface area contributed by atoms with Gasteiger partial charge in [0, 0.05) is 48.9 Å². The van der Waals surface area contributed by atoms with Crippen LogP contribution in [0.3, 0.4) is 0 Å². The minimum atomic E-state index is 0.0417. The number of methoxy groups -OCH3 is 1. The zero-order valence-corrected chi connectivity index (χ0v) is 16.8. The first-order valence-corrected chi connectivity index (χ1v) is 9.35. The van der Waals surface area contributed by atoms with E-state index in [1.54, 1.807) is 14.2 Å². The van der Waals surface area contributed by atoms with Gasteiger partial charge in [0.25, 0.3) is 0 Å². The van der Waals surface area contributed by atoms with Crippen LogP contribution < -0.4 is 20.7 Å². The Morgan fingerprint density at radius 2 is 2.11 bits per heavy atom. The fourth-order valence-electron chi connectivity index (χ4n) is 3.54. The zero-order valence-electron chi connectivity index (χ0n) is 16.8. The number of nitrogens with one attached hydrogen (secondary N) is 3. The second-order valence-electron chi connectivity index (χ2n) is 6.89. The molecule has 148 valence electrons. The molecule has 1 aliphatic rings. The van der Waals surface area contributed by atoms with Crippen molar-refractivity contribution in [2.45, 2.75) is 32.7 Å². The second kappa shape index (κ2) is 8.73. The van der Waals surface area contributed by atoms with E-state index >= 15 is 0 Å². The number of anilines is 1. The van der Waals surface area contributed by atoms with Gasteiger partial charge in [-0.1, -0.05) is 18.2 Å². The molecule has 0 spiro atoms. The number of hydrogen-bond donors (Lipinski definition) is 3. The number of amides is 1. The summed E-state index contributed by atoms with van der Waals surface area (Å²) in [7, 11) is 3.40. The molecule has 0 saturated carbocycles. The summed E-state index contributed by atoms with van der Waals surface area (Å²) in [6.45, 7) is 5.13. The van der Waals surface area contributed by atoms with Crippen LogP contribution in [-0.4, -0.2) is 37.6 Å². The Kier molecular flexibility index (Phi) is 6.13. The third kappa shape index (κ3) is 4.24. The maximum absolute atomic E-state index is 12.0. The highest BCUT2D eigenvalue weighted by molar-refractivity contribution is 5.94. The van der Waals surface area contributed by atoms with Crippen LogP contribution >= 0.6 is 0 Å². The number of pyridine rings is 1. The van der Waals surface area contributed by atoms with Crippen LogP contribution in [0.1, 0.15) is 34.7 Å². The largest absolute Gasteiger partial charge is 0.496 e. The van der Waals surface area contributed by atoms with Gasteiger partial charge in [0.1, 0.15) is 5.75 Å². The first-order chi connectivity index (χ1) is 13.5. The van der Waals surface area contributed by atoms with Gasteiger partial charge in [-0.3, -0.25) is 14.8 Å². The van der Waals surface area contributed by atoms with E-state index in [4.69, 9.17) is 4.74 Å². The molecule has 2 heterocycles. The fourth-order valence-corrected chi connectivity index (χ4v) is 3.54. The highest BCUT2D eigenvalue weighted by atomic mass is 16.5. The normalized spacial score (nSPS) is 16.2.